The number of nitrogens with zero attached hydrogens (tertiary/aromatic N) is 2. The van der Waals surface area contributed by atoms with Gasteiger partial charge in [-0.1, -0.05) is 12.1 Å². The third-order valence-electron chi connectivity index (χ3n) is 2.74. The molecule has 0 bridgehead atoms. The van der Waals surface area contributed by atoms with E-state index in [2.05, 4.69) is 9.71 Å². The van der Waals surface area contributed by atoms with Crippen LogP contribution in [0.1, 0.15) is 24.2 Å². The SMILES string of the molecule is C[C@@H](NS(=O)(=O)c1cccc(C#N)c1)c1ccccn1. The predicted molar refractivity (Wildman–Crippen MR) is 74.1 cm³/mol. The zero-order chi connectivity index (χ0) is 14.6. The number of nitrogens with one attached hydrogen (secondary N) is 1. The summed E-state index contributed by atoms with van der Waals surface area (Å²) in [5, 5.41) is 8.81. The van der Waals surface area contributed by atoms with Crippen LogP contribution in [0.5, 0.6) is 0 Å². The fourth-order valence-electron chi connectivity index (χ4n) is 1.73. The van der Waals surface area contributed by atoms with Gasteiger partial charge in [0.2, 0.25) is 10.0 Å². The molecule has 1 heterocycles. The van der Waals surface area contributed by atoms with E-state index < -0.39 is 16.1 Å². The molecule has 0 amide bonds. The first-order chi connectivity index (χ1) is 9.53. The molecular weight excluding hydrogens is 274 g/mol. The second-order valence-corrected chi connectivity index (χ2v) is 5.95. The molecule has 1 N–H and O–H groups in total. The van der Waals surface area contributed by atoms with Crippen LogP contribution in [-0.2, 0) is 10.0 Å². The maximum absolute atomic E-state index is 12.2. The largest absolute Gasteiger partial charge is 0.260 e. The third kappa shape index (κ3) is 3.20. The van der Waals surface area contributed by atoms with Crippen molar-refractivity contribution >= 4 is 10.0 Å². The number of aromatic nitrogens is 1. The summed E-state index contributed by atoms with van der Waals surface area (Å²) >= 11 is 0. The minimum atomic E-state index is -3.68. The molecule has 1 aromatic carbocycles. The smallest absolute Gasteiger partial charge is 0.241 e. The Morgan fingerprint density at radius 2 is 2.05 bits per heavy atom. The van der Waals surface area contributed by atoms with Gasteiger partial charge in [0.25, 0.3) is 0 Å². The van der Waals surface area contributed by atoms with E-state index in [1.807, 2.05) is 6.07 Å². The number of benzene rings is 1. The van der Waals surface area contributed by atoms with Crippen LogP contribution in [0.2, 0.25) is 0 Å². The molecule has 0 radical (unpaired) electrons. The molecule has 20 heavy (non-hydrogen) atoms. The molecule has 0 unspecified atom stereocenters. The molecule has 0 saturated carbocycles. The van der Waals surface area contributed by atoms with Crippen LogP contribution < -0.4 is 4.72 Å². The van der Waals surface area contributed by atoms with Crippen LogP contribution in [0.4, 0.5) is 0 Å². The maximum Gasteiger partial charge on any atom is 0.241 e. The first-order valence-corrected chi connectivity index (χ1v) is 7.44. The average molecular weight is 287 g/mol. The van der Waals surface area contributed by atoms with Crippen molar-refractivity contribution in [2.45, 2.75) is 17.9 Å². The zero-order valence-corrected chi connectivity index (χ0v) is 11.6. The lowest BCUT2D eigenvalue weighted by atomic mass is 10.2. The standard InChI is InChI=1S/C14H13N3O2S/c1-11(14-7-2-3-8-16-14)17-20(18,19)13-6-4-5-12(9-13)10-15/h2-9,11,17H,1H3/t11-/m1/s1. The summed E-state index contributed by atoms with van der Waals surface area (Å²) in [6, 6.07) is 12.7. The van der Waals surface area contributed by atoms with E-state index >= 15 is 0 Å². The fraction of sp³-hybridized carbons (Fsp3) is 0.143. The highest BCUT2D eigenvalue weighted by molar-refractivity contribution is 7.89. The summed E-state index contributed by atoms with van der Waals surface area (Å²) in [7, 11) is -3.68. The first-order valence-electron chi connectivity index (χ1n) is 5.96. The number of nitriles is 1. The van der Waals surface area contributed by atoms with Gasteiger partial charge < -0.3 is 0 Å². The second kappa shape index (κ2) is 5.82. The van der Waals surface area contributed by atoms with E-state index in [0.29, 0.717) is 11.3 Å². The van der Waals surface area contributed by atoms with E-state index in [1.165, 1.54) is 12.1 Å². The van der Waals surface area contributed by atoms with Gasteiger partial charge in [0.1, 0.15) is 0 Å². The summed E-state index contributed by atoms with van der Waals surface area (Å²) in [4.78, 5) is 4.18. The van der Waals surface area contributed by atoms with Crippen molar-refractivity contribution in [3.63, 3.8) is 0 Å². The monoisotopic (exact) mass is 287 g/mol. The summed E-state index contributed by atoms with van der Waals surface area (Å²) < 4.78 is 27.0. The van der Waals surface area contributed by atoms with E-state index in [4.69, 9.17) is 5.26 Å². The molecule has 5 nitrogen and oxygen atoms in total. The fourth-order valence-corrected chi connectivity index (χ4v) is 2.99. The van der Waals surface area contributed by atoms with Gasteiger partial charge in [-0.15, -0.1) is 0 Å². The molecule has 0 aliphatic rings. The molecule has 0 spiro atoms. The highest BCUT2D eigenvalue weighted by atomic mass is 32.2. The van der Waals surface area contributed by atoms with Gasteiger partial charge in [-0.05, 0) is 37.3 Å². The third-order valence-corrected chi connectivity index (χ3v) is 4.28. The van der Waals surface area contributed by atoms with Crippen molar-refractivity contribution < 1.29 is 8.42 Å². The van der Waals surface area contributed by atoms with Crippen LogP contribution >= 0.6 is 0 Å². The van der Waals surface area contributed by atoms with E-state index in [9.17, 15) is 8.42 Å². The lowest BCUT2D eigenvalue weighted by molar-refractivity contribution is 0.564. The van der Waals surface area contributed by atoms with Gasteiger partial charge in [0.15, 0.2) is 0 Å². The summed E-state index contributed by atoms with van der Waals surface area (Å²) in [5.74, 6) is 0. The van der Waals surface area contributed by atoms with Crippen molar-refractivity contribution in [2.24, 2.45) is 0 Å². The number of rotatable bonds is 4. The molecule has 1 aromatic heterocycles. The van der Waals surface area contributed by atoms with Crippen molar-refractivity contribution in [3.8, 4) is 6.07 Å². The Morgan fingerprint density at radius 1 is 1.25 bits per heavy atom. The Bertz CT molecular complexity index is 737. The topological polar surface area (TPSA) is 82.9 Å². The van der Waals surface area contributed by atoms with Crippen LogP contribution in [0.3, 0.4) is 0 Å². The summed E-state index contributed by atoms with van der Waals surface area (Å²) in [5.41, 5.74) is 0.936. The molecular formula is C14H13N3O2S. The first kappa shape index (κ1) is 14.2. The van der Waals surface area contributed by atoms with Crippen molar-refractivity contribution in [3.05, 3.63) is 59.9 Å². The normalized spacial score (nSPS) is 12.6. The maximum atomic E-state index is 12.2. The number of hydrogen-bond acceptors (Lipinski definition) is 4. The highest BCUT2D eigenvalue weighted by Crippen LogP contribution is 2.16. The number of pyridine rings is 1. The van der Waals surface area contributed by atoms with Crippen LogP contribution in [0.25, 0.3) is 0 Å². The predicted octanol–water partition coefficient (Wildman–Crippen LogP) is 1.99. The Kier molecular flexibility index (Phi) is 4.13. The second-order valence-electron chi connectivity index (χ2n) is 4.24. The summed E-state index contributed by atoms with van der Waals surface area (Å²) in [6.07, 6.45) is 1.61. The van der Waals surface area contributed by atoms with E-state index in [1.54, 1.807) is 43.5 Å². The molecule has 0 fully saturated rings. The van der Waals surface area contributed by atoms with Gasteiger partial charge >= 0.3 is 0 Å². The Balaban J connectivity index is 2.25. The number of hydrogen-bond donors (Lipinski definition) is 1. The van der Waals surface area contributed by atoms with Gasteiger partial charge in [0, 0.05) is 6.20 Å². The minimum Gasteiger partial charge on any atom is -0.260 e. The quantitative estimate of drug-likeness (QED) is 0.932. The van der Waals surface area contributed by atoms with Gasteiger partial charge in [0.05, 0.1) is 28.3 Å². The van der Waals surface area contributed by atoms with Gasteiger partial charge in [-0.3, -0.25) is 4.98 Å². The lowest BCUT2D eigenvalue weighted by Crippen LogP contribution is -2.27. The molecule has 102 valence electrons. The van der Waals surface area contributed by atoms with Crippen LogP contribution in [0, 0.1) is 11.3 Å². The van der Waals surface area contributed by atoms with Crippen LogP contribution in [0.15, 0.2) is 53.6 Å². The minimum absolute atomic E-state index is 0.0688. The molecule has 1 atom stereocenters. The van der Waals surface area contributed by atoms with E-state index in [0.717, 1.165) is 0 Å². The average Bonchev–Trinajstić information content (AvgIpc) is 2.48. The summed E-state index contributed by atoms with van der Waals surface area (Å²) in [6.45, 7) is 1.72. The molecule has 0 aliphatic carbocycles. The zero-order valence-electron chi connectivity index (χ0n) is 10.8. The molecule has 0 saturated heterocycles. The van der Waals surface area contributed by atoms with Crippen molar-refractivity contribution in [2.75, 3.05) is 0 Å². The lowest BCUT2D eigenvalue weighted by Gasteiger charge is -2.13. The Hall–Kier alpha value is -2.23. The van der Waals surface area contributed by atoms with Gasteiger partial charge in [-0.2, -0.15) is 5.26 Å². The van der Waals surface area contributed by atoms with E-state index in [-0.39, 0.29) is 4.90 Å². The highest BCUT2D eigenvalue weighted by Gasteiger charge is 2.19. The van der Waals surface area contributed by atoms with Crippen molar-refractivity contribution in [1.82, 2.24) is 9.71 Å². The Labute approximate surface area is 118 Å². The number of sulfonamides is 1. The molecule has 2 aromatic rings. The Morgan fingerprint density at radius 3 is 2.70 bits per heavy atom. The molecule has 0 aliphatic heterocycles. The van der Waals surface area contributed by atoms with Crippen LogP contribution in [-0.4, -0.2) is 13.4 Å². The van der Waals surface area contributed by atoms with Crippen molar-refractivity contribution in [1.29, 1.82) is 5.26 Å². The van der Waals surface area contributed by atoms with Gasteiger partial charge in [-0.25, -0.2) is 13.1 Å². The molecule has 2 rings (SSSR count). The molecule has 6 heteroatoms.